The molecule has 8 heteroatoms. The standard InChI is InChI=1S/C5H8N4O2S2/c6-3(10)11-2-1-7-4-8-9-5(12)13-4/h1-2H2,(H2,6,10)(H,7,8)(H,9,12). The Morgan fingerprint density at radius 3 is 3.15 bits per heavy atom. The third-order valence-electron chi connectivity index (χ3n) is 1.06. The van der Waals surface area contributed by atoms with Gasteiger partial charge in [-0.05, 0) is 12.2 Å². The van der Waals surface area contributed by atoms with Crippen LogP contribution in [-0.4, -0.2) is 29.4 Å². The van der Waals surface area contributed by atoms with Crippen molar-refractivity contribution in [1.29, 1.82) is 0 Å². The second-order valence-corrected chi connectivity index (χ2v) is 3.68. The number of H-pyrrole nitrogens is 1. The number of amides is 1. The van der Waals surface area contributed by atoms with Gasteiger partial charge in [-0.15, -0.1) is 5.10 Å². The molecule has 0 saturated carbocycles. The molecule has 0 spiro atoms. The summed E-state index contributed by atoms with van der Waals surface area (Å²) in [5.74, 6) is 0. The molecule has 6 nitrogen and oxygen atoms in total. The largest absolute Gasteiger partial charge is 0.448 e. The van der Waals surface area contributed by atoms with Crippen molar-refractivity contribution in [1.82, 2.24) is 10.2 Å². The van der Waals surface area contributed by atoms with Crippen LogP contribution in [-0.2, 0) is 4.74 Å². The number of ether oxygens (including phenoxy) is 1. The highest BCUT2D eigenvalue weighted by atomic mass is 32.1. The Hall–Kier alpha value is -1.15. The summed E-state index contributed by atoms with van der Waals surface area (Å²) in [6, 6.07) is 0. The van der Waals surface area contributed by atoms with Crippen LogP contribution in [0.4, 0.5) is 9.93 Å². The van der Waals surface area contributed by atoms with Gasteiger partial charge in [0.25, 0.3) is 0 Å². The van der Waals surface area contributed by atoms with Crippen molar-refractivity contribution in [3.05, 3.63) is 3.95 Å². The first-order chi connectivity index (χ1) is 6.18. The quantitative estimate of drug-likeness (QED) is 0.513. The summed E-state index contributed by atoms with van der Waals surface area (Å²) in [6.45, 7) is 0.667. The van der Waals surface area contributed by atoms with Crippen molar-refractivity contribution in [3.63, 3.8) is 0 Å². The molecule has 0 radical (unpaired) electrons. The van der Waals surface area contributed by atoms with E-state index in [4.69, 9.17) is 18.0 Å². The zero-order valence-electron chi connectivity index (χ0n) is 6.57. The molecule has 4 N–H and O–H groups in total. The number of carbonyl (C=O) groups excluding carboxylic acids is 1. The van der Waals surface area contributed by atoms with E-state index in [1.54, 1.807) is 0 Å². The Bertz CT molecular complexity index is 333. The fraction of sp³-hybridized carbons (Fsp3) is 0.400. The molecule has 0 atom stereocenters. The van der Waals surface area contributed by atoms with E-state index in [-0.39, 0.29) is 6.61 Å². The van der Waals surface area contributed by atoms with Crippen molar-refractivity contribution < 1.29 is 9.53 Å². The van der Waals surface area contributed by atoms with Crippen LogP contribution in [0.5, 0.6) is 0 Å². The first-order valence-electron chi connectivity index (χ1n) is 3.40. The minimum atomic E-state index is -0.781. The predicted octanol–water partition coefficient (Wildman–Crippen LogP) is 0.708. The molecule has 1 aromatic rings. The molecule has 1 heterocycles. The van der Waals surface area contributed by atoms with Crippen molar-refractivity contribution >= 4 is 34.8 Å². The first-order valence-corrected chi connectivity index (χ1v) is 4.62. The number of hydrogen-bond acceptors (Lipinski definition) is 6. The average Bonchev–Trinajstić information content (AvgIpc) is 2.45. The van der Waals surface area contributed by atoms with Crippen molar-refractivity contribution in [2.45, 2.75) is 0 Å². The van der Waals surface area contributed by atoms with Gasteiger partial charge in [0.15, 0.2) is 3.95 Å². The van der Waals surface area contributed by atoms with Gasteiger partial charge in [0.2, 0.25) is 5.13 Å². The van der Waals surface area contributed by atoms with Gasteiger partial charge >= 0.3 is 6.09 Å². The van der Waals surface area contributed by atoms with E-state index in [1.807, 2.05) is 0 Å². The Balaban J connectivity index is 2.20. The molecule has 0 aromatic carbocycles. The Kier molecular flexibility index (Phi) is 3.65. The van der Waals surface area contributed by atoms with Gasteiger partial charge in [-0.2, -0.15) is 0 Å². The van der Waals surface area contributed by atoms with Crippen LogP contribution in [0.1, 0.15) is 0 Å². The molecule has 1 aromatic heterocycles. The number of nitrogens with two attached hydrogens (primary N) is 1. The summed E-state index contributed by atoms with van der Waals surface area (Å²) < 4.78 is 5.08. The smallest absolute Gasteiger partial charge is 0.404 e. The van der Waals surface area contributed by atoms with Crippen molar-refractivity contribution in [2.24, 2.45) is 5.73 Å². The number of anilines is 1. The van der Waals surface area contributed by atoms with Gasteiger partial charge < -0.3 is 15.8 Å². The lowest BCUT2D eigenvalue weighted by molar-refractivity contribution is 0.161. The van der Waals surface area contributed by atoms with Gasteiger partial charge in [0.1, 0.15) is 6.61 Å². The van der Waals surface area contributed by atoms with Crippen LogP contribution in [0, 0.1) is 3.95 Å². The molecule has 72 valence electrons. The van der Waals surface area contributed by atoms with Crippen molar-refractivity contribution in [2.75, 3.05) is 18.5 Å². The third-order valence-corrected chi connectivity index (χ3v) is 2.11. The topological polar surface area (TPSA) is 93.0 Å². The van der Waals surface area contributed by atoms with Crippen LogP contribution < -0.4 is 11.1 Å². The molecule has 1 amide bonds. The third kappa shape index (κ3) is 3.85. The summed E-state index contributed by atoms with van der Waals surface area (Å²) in [6.07, 6.45) is -0.781. The zero-order chi connectivity index (χ0) is 9.68. The number of nitrogens with zero attached hydrogens (tertiary/aromatic N) is 1. The first kappa shape index (κ1) is 9.93. The molecule has 13 heavy (non-hydrogen) atoms. The van der Waals surface area contributed by atoms with Crippen molar-refractivity contribution in [3.8, 4) is 0 Å². The maximum Gasteiger partial charge on any atom is 0.404 e. The molecular weight excluding hydrogens is 212 g/mol. The number of hydrogen-bond donors (Lipinski definition) is 3. The minimum absolute atomic E-state index is 0.210. The summed E-state index contributed by atoms with van der Waals surface area (Å²) in [5, 5.41) is 10.0. The Labute approximate surface area is 83.1 Å². The Morgan fingerprint density at radius 2 is 2.62 bits per heavy atom. The lowest BCUT2D eigenvalue weighted by Gasteiger charge is -2.01. The van der Waals surface area contributed by atoms with Gasteiger partial charge in [0.05, 0.1) is 6.54 Å². The summed E-state index contributed by atoms with van der Waals surface area (Å²) in [4.78, 5) is 10.2. The summed E-state index contributed by atoms with van der Waals surface area (Å²) in [7, 11) is 0. The van der Waals surface area contributed by atoms with Gasteiger partial charge in [-0.25, -0.2) is 4.79 Å². The molecule has 0 aliphatic rings. The molecular formula is C5H8N4O2S2. The number of carbonyl (C=O) groups is 1. The van der Waals surface area contributed by atoms with Crippen LogP contribution in [0.15, 0.2) is 0 Å². The van der Waals surface area contributed by atoms with E-state index >= 15 is 0 Å². The molecule has 0 unspecified atom stereocenters. The van der Waals surface area contributed by atoms with E-state index in [9.17, 15) is 4.79 Å². The van der Waals surface area contributed by atoms with E-state index in [0.717, 1.165) is 0 Å². The minimum Gasteiger partial charge on any atom is -0.448 e. The normalized spacial score (nSPS) is 9.54. The number of nitrogens with one attached hydrogen (secondary N) is 2. The molecule has 0 saturated heterocycles. The van der Waals surface area contributed by atoms with Crippen LogP contribution in [0.2, 0.25) is 0 Å². The van der Waals surface area contributed by atoms with Crippen LogP contribution in [0.25, 0.3) is 0 Å². The number of aromatic amines is 1. The maximum absolute atomic E-state index is 10.2. The highest BCUT2D eigenvalue weighted by Crippen LogP contribution is 2.09. The monoisotopic (exact) mass is 220 g/mol. The van der Waals surface area contributed by atoms with Gasteiger partial charge in [-0.1, -0.05) is 11.3 Å². The summed E-state index contributed by atoms with van der Waals surface area (Å²) in [5.41, 5.74) is 4.75. The molecule has 0 aliphatic heterocycles. The SMILES string of the molecule is NC(=O)OCCNc1n[nH]c(=S)s1. The second-order valence-electron chi connectivity index (χ2n) is 2.01. The van der Waals surface area contributed by atoms with E-state index in [2.05, 4.69) is 20.3 Å². The average molecular weight is 220 g/mol. The predicted molar refractivity (Wildman–Crippen MR) is 51.3 cm³/mol. The highest BCUT2D eigenvalue weighted by Gasteiger charge is 1.96. The lowest BCUT2D eigenvalue weighted by Crippen LogP contribution is -2.18. The summed E-state index contributed by atoms with van der Waals surface area (Å²) >= 11 is 6.12. The fourth-order valence-electron chi connectivity index (χ4n) is 0.615. The number of aromatic nitrogens is 2. The molecule has 0 aliphatic carbocycles. The molecule has 0 fully saturated rings. The maximum atomic E-state index is 10.2. The van der Waals surface area contributed by atoms with Gasteiger partial charge in [0, 0.05) is 0 Å². The van der Waals surface area contributed by atoms with E-state index in [1.165, 1.54) is 11.3 Å². The number of rotatable bonds is 4. The zero-order valence-corrected chi connectivity index (χ0v) is 8.20. The Morgan fingerprint density at radius 1 is 1.85 bits per heavy atom. The highest BCUT2D eigenvalue weighted by molar-refractivity contribution is 7.73. The molecule has 0 bridgehead atoms. The fourth-order valence-corrected chi connectivity index (χ4v) is 1.43. The van der Waals surface area contributed by atoms with Gasteiger partial charge in [-0.3, -0.25) is 5.10 Å². The van der Waals surface area contributed by atoms with E-state index in [0.29, 0.717) is 15.6 Å². The molecule has 1 rings (SSSR count). The number of primary amides is 1. The van der Waals surface area contributed by atoms with Crippen LogP contribution >= 0.6 is 23.6 Å². The van der Waals surface area contributed by atoms with E-state index < -0.39 is 6.09 Å². The second kappa shape index (κ2) is 4.77. The lowest BCUT2D eigenvalue weighted by atomic mass is 10.7. The van der Waals surface area contributed by atoms with Crippen LogP contribution in [0.3, 0.4) is 0 Å².